The Kier molecular flexibility index (Phi) is 8.60. The number of ketones is 1. The first kappa shape index (κ1) is 31.2. The minimum absolute atomic E-state index is 0.0778. The molecule has 226 valence electrons. The van der Waals surface area contributed by atoms with Gasteiger partial charge in [-0.3, -0.25) is 4.79 Å². The number of anilines is 2. The summed E-state index contributed by atoms with van der Waals surface area (Å²) < 4.78 is 100. The predicted molar refractivity (Wildman–Crippen MR) is 145 cm³/mol. The molecule has 4 aromatic carbocycles. The van der Waals surface area contributed by atoms with Gasteiger partial charge < -0.3 is 31.2 Å². The van der Waals surface area contributed by atoms with Crippen molar-refractivity contribution in [2.75, 3.05) is 18.1 Å². The van der Waals surface area contributed by atoms with Crippen molar-refractivity contribution in [1.29, 1.82) is 0 Å². The summed E-state index contributed by atoms with van der Waals surface area (Å²) in [5.41, 5.74) is 3.26. The fourth-order valence-electron chi connectivity index (χ4n) is 4.45. The molecule has 0 aliphatic carbocycles. The van der Waals surface area contributed by atoms with Crippen LogP contribution in [-0.2, 0) is 5.41 Å². The molecule has 1 atom stereocenters. The van der Waals surface area contributed by atoms with Crippen LogP contribution in [0.1, 0.15) is 21.5 Å². The van der Waals surface area contributed by atoms with Crippen molar-refractivity contribution in [2.24, 2.45) is 0 Å². The summed E-state index contributed by atoms with van der Waals surface area (Å²) in [4.78, 5) is 13.0. The van der Waals surface area contributed by atoms with Gasteiger partial charge in [-0.15, -0.1) is 0 Å². The van der Waals surface area contributed by atoms with Gasteiger partial charge in [0.2, 0.25) is 5.41 Å². The second-order valence-corrected chi connectivity index (χ2v) is 9.38. The number of hydrogen-bond donors (Lipinski definition) is 4. The number of alkyl halides is 6. The third-order valence-electron chi connectivity index (χ3n) is 6.51. The number of rotatable bonds is 9. The zero-order valence-corrected chi connectivity index (χ0v) is 22.0. The van der Waals surface area contributed by atoms with Crippen molar-refractivity contribution < 1.29 is 50.8 Å². The van der Waals surface area contributed by atoms with Crippen LogP contribution in [0.25, 0.3) is 0 Å². The molecule has 0 aliphatic heterocycles. The molecule has 4 aromatic rings. The number of carbonyl (C=O) groups excluding carboxylic acids is 1. The zero-order valence-electron chi connectivity index (χ0n) is 22.0. The van der Waals surface area contributed by atoms with Crippen molar-refractivity contribution in [3.05, 3.63) is 108 Å². The number of carbonyl (C=O) groups is 1. The van der Waals surface area contributed by atoms with Gasteiger partial charge in [-0.05, 0) is 83.9 Å². The lowest BCUT2D eigenvalue weighted by Gasteiger charge is -2.39. The smallest absolute Gasteiger partial charge is 0.411 e. The number of nitrogen functional groups attached to an aromatic ring is 2. The molecule has 6 N–H and O–H groups in total. The Balaban J connectivity index is 1.90. The van der Waals surface area contributed by atoms with Gasteiger partial charge in [0, 0.05) is 16.9 Å². The lowest BCUT2D eigenvalue weighted by atomic mass is 9.70. The summed E-state index contributed by atoms with van der Waals surface area (Å²) in [6.45, 7) is -1.26. The Morgan fingerprint density at radius 1 is 0.674 bits per heavy atom. The molecule has 7 nitrogen and oxygen atoms in total. The molecule has 0 amide bonds. The number of halogens is 6. The number of nitrogens with two attached hydrogens (primary N) is 2. The number of Topliss-reactive ketones (excluding diaryl/α,β-unsaturated/α-hetero) is 1. The summed E-state index contributed by atoms with van der Waals surface area (Å²) in [7, 11) is 0. The van der Waals surface area contributed by atoms with Gasteiger partial charge >= 0.3 is 12.4 Å². The van der Waals surface area contributed by atoms with E-state index in [4.69, 9.17) is 20.9 Å². The van der Waals surface area contributed by atoms with Crippen LogP contribution in [0.3, 0.4) is 0 Å². The second kappa shape index (κ2) is 11.9. The Morgan fingerprint density at radius 3 is 1.49 bits per heavy atom. The average Bonchev–Trinajstić information content (AvgIpc) is 2.95. The van der Waals surface area contributed by atoms with E-state index in [9.17, 15) is 41.4 Å². The van der Waals surface area contributed by atoms with Crippen LogP contribution >= 0.6 is 0 Å². The van der Waals surface area contributed by atoms with Crippen LogP contribution in [0.2, 0.25) is 0 Å². The van der Waals surface area contributed by atoms with Gasteiger partial charge in [0.1, 0.15) is 29.1 Å². The predicted octanol–water partition coefficient (Wildman–Crippen LogP) is 6.38. The van der Waals surface area contributed by atoms with E-state index < -0.39 is 53.0 Å². The van der Waals surface area contributed by atoms with Crippen molar-refractivity contribution in [3.8, 4) is 23.0 Å². The van der Waals surface area contributed by atoms with E-state index in [0.717, 1.165) is 18.2 Å². The molecule has 0 aromatic heterocycles. The van der Waals surface area contributed by atoms with Crippen molar-refractivity contribution in [2.45, 2.75) is 23.9 Å². The summed E-state index contributed by atoms with van der Waals surface area (Å²) in [6.07, 6.45) is -14.4. The topological polar surface area (TPSA) is 128 Å². The molecular formula is C30H24F6N2O5. The first-order valence-corrected chi connectivity index (χ1v) is 12.5. The maximum atomic E-state index is 14.9. The van der Waals surface area contributed by atoms with E-state index in [2.05, 4.69) is 0 Å². The fourth-order valence-corrected chi connectivity index (χ4v) is 4.45. The fraction of sp³-hybridized carbons (Fsp3) is 0.167. The molecule has 0 heterocycles. The molecule has 43 heavy (non-hydrogen) atoms. The van der Waals surface area contributed by atoms with Crippen LogP contribution in [0.4, 0.5) is 37.7 Å². The normalized spacial score (nSPS) is 12.9. The van der Waals surface area contributed by atoms with E-state index in [1.807, 2.05) is 0 Å². The van der Waals surface area contributed by atoms with Crippen molar-refractivity contribution >= 4 is 17.2 Å². The molecule has 0 aliphatic rings. The lowest BCUT2D eigenvalue weighted by molar-refractivity contribution is -0.288. The third-order valence-corrected chi connectivity index (χ3v) is 6.51. The Morgan fingerprint density at radius 2 is 1.07 bits per heavy atom. The number of ether oxygens (including phenoxy) is 2. The third kappa shape index (κ3) is 6.22. The number of aliphatic hydroxyl groups excluding tert-OH is 2. The van der Waals surface area contributed by atoms with Crippen molar-refractivity contribution in [1.82, 2.24) is 0 Å². The molecule has 0 radical (unpaired) electrons. The summed E-state index contributed by atoms with van der Waals surface area (Å²) in [6, 6.07) is 16.5. The largest absolute Gasteiger partial charge is 0.457 e. The Bertz CT molecular complexity index is 1560. The lowest BCUT2D eigenvalue weighted by Crippen LogP contribution is -2.55. The van der Waals surface area contributed by atoms with Crippen LogP contribution in [0.15, 0.2) is 91.0 Å². The highest BCUT2D eigenvalue weighted by Gasteiger charge is 2.73. The van der Waals surface area contributed by atoms with E-state index in [1.165, 1.54) is 48.5 Å². The minimum Gasteiger partial charge on any atom is -0.457 e. The number of hydrogen-bond acceptors (Lipinski definition) is 7. The number of aliphatic hydroxyl groups is 2. The first-order chi connectivity index (χ1) is 20.2. The van der Waals surface area contributed by atoms with Crippen LogP contribution < -0.4 is 20.9 Å². The Labute approximate surface area is 240 Å². The van der Waals surface area contributed by atoms with Gasteiger partial charge in [-0.1, -0.05) is 18.2 Å². The standard InChI is InChI=1S/C30H24F6N2O5/c31-29(32,33)28(30(34,35)36,17-1-7-20(8-2-17)42-21-9-3-18(37)4-10-21)25-14-13-23(15-24(25)27(41)26(40)16-39)43-22-11-5-19(38)6-12-22/h1-15,26,39-40H,16,37-38H2. The summed E-state index contributed by atoms with van der Waals surface area (Å²) in [5, 5.41) is 19.3. The maximum absolute atomic E-state index is 14.9. The molecule has 0 bridgehead atoms. The monoisotopic (exact) mass is 606 g/mol. The van der Waals surface area contributed by atoms with Gasteiger partial charge in [0.05, 0.1) is 6.61 Å². The van der Waals surface area contributed by atoms with E-state index in [-0.39, 0.29) is 23.0 Å². The first-order valence-electron chi connectivity index (χ1n) is 12.5. The second-order valence-electron chi connectivity index (χ2n) is 9.38. The molecule has 0 saturated carbocycles. The highest BCUT2D eigenvalue weighted by Crippen LogP contribution is 2.57. The van der Waals surface area contributed by atoms with Crippen LogP contribution in [0.5, 0.6) is 23.0 Å². The molecule has 13 heteroatoms. The molecule has 0 saturated heterocycles. The Hall–Kier alpha value is -4.75. The SMILES string of the molecule is Nc1ccc(Oc2ccc(C(c3ccc(Oc4ccc(N)cc4)cc3C(=O)C(O)CO)(C(F)(F)F)C(F)(F)F)cc2)cc1. The highest BCUT2D eigenvalue weighted by molar-refractivity contribution is 6.01. The summed E-state index contributed by atoms with van der Waals surface area (Å²) in [5.74, 6) is -1.64. The number of benzene rings is 4. The maximum Gasteiger partial charge on any atom is 0.411 e. The minimum atomic E-state index is -6.05. The van der Waals surface area contributed by atoms with E-state index in [0.29, 0.717) is 35.6 Å². The van der Waals surface area contributed by atoms with Crippen molar-refractivity contribution in [3.63, 3.8) is 0 Å². The van der Waals surface area contributed by atoms with E-state index >= 15 is 0 Å². The van der Waals surface area contributed by atoms with Gasteiger partial charge in [0.25, 0.3) is 0 Å². The molecule has 0 fully saturated rings. The molecule has 0 spiro atoms. The molecular weight excluding hydrogens is 582 g/mol. The summed E-state index contributed by atoms with van der Waals surface area (Å²) >= 11 is 0. The van der Waals surface area contributed by atoms with Gasteiger partial charge in [-0.2, -0.15) is 26.3 Å². The zero-order chi connectivity index (χ0) is 31.6. The van der Waals surface area contributed by atoms with Gasteiger partial charge in [-0.25, -0.2) is 0 Å². The van der Waals surface area contributed by atoms with Gasteiger partial charge in [0.15, 0.2) is 5.78 Å². The van der Waals surface area contributed by atoms with E-state index in [1.54, 1.807) is 0 Å². The quantitative estimate of drug-likeness (QED) is 0.0989. The highest BCUT2D eigenvalue weighted by atomic mass is 19.4. The average molecular weight is 607 g/mol. The molecule has 1 unspecified atom stereocenters. The van der Waals surface area contributed by atoms with Crippen LogP contribution in [0, 0.1) is 0 Å². The molecule has 4 rings (SSSR count). The van der Waals surface area contributed by atoms with Crippen LogP contribution in [-0.4, -0.2) is 41.1 Å².